The summed E-state index contributed by atoms with van der Waals surface area (Å²) in [5, 5.41) is 21.5. The molecular weight excluding hydrogens is 369 g/mol. The highest BCUT2D eigenvalue weighted by Crippen LogP contribution is 2.36. The number of nitro benzene ring substituents is 1. The van der Waals surface area contributed by atoms with E-state index in [1.54, 1.807) is 11.4 Å². The van der Waals surface area contributed by atoms with E-state index in [0.717, 1.165) is 23.5 Å². The number of carbonyl (C=O) groups is 1. The Morgan fingerprint density at radius 1 is 1.52 bits per heavy atom. The maximum atomic E-state index is 13.2. The molecule has 21 heavy (non-hydrogen) atoms. The van der Waals surface area contributed by atoms with Gasteiger partial charge in [-0.2, -0.15) is 0 Å². The van der Waals surface area contributed by atoms with Gasteiger partial charge in [0, 0.05) is 5.56 Å². The largest absolute Gasteiger partial charge is 0.481 e. The number of aromatic carboxylic acids is 1. The lowest BCUT2D eigenvalue weighted by atomic mass is 10.2. The van der Waals surface area contributed by atoms with Crippen molar-refractivity contribution in [2.24, 2.45) is 0 Å². The van der Waals surface area contributed by atoms with Gasteiger partial charge < -0.3 is 9.84 Å². The van der Waals surface area contributed by atoms with Crippen LogP contribution in [0.5, 0.6) is 5.75 Å². The van der Waals surface area contributed by atoms with Crippen molar-refractivity contribution < 1.29 is 24.0 Å². The van der Waals surface area contributed by atoms with Crippen LogP contribution in [0, 0.1) is 15.9 Å². The number of benzene rings is 1. The number of ether oxygens (including phenoxy) is 1. The number of carboxylic acids is 1. The summed E-state index contributed by atoms with van der Waals surface area (Å²) in [5.74, 6) is -2.03. The molecule has 0 aliphatic rings. The Kier molecular flexibility index (Phi) is 4.53. The van der Waals surface area contributed by atoms with Crippen LogP contribution in [-0.2, 0) is 6.61 Å². The number of halogens is 2. The number of hydrogen-bond donors (Lipinski definition) is 1. The number of nitro groups is 1. The normalized spacial score (nSPS) is 10.4. The van der Waals surface area contributed by atoms with Gasteiger partial charge in [0.05, 0.1) is 15.5 Å². The number of rotatable bonds is 5. The minimum absolute atomic E-state index is 0.0845. The Labute approximate surface area is 130 Å². The van der Waals surface area contributed by atoms with E-state index in [4.69, 9.17) is 9.84 Å². The summed E-state index contributed by atoms with van der Waals surface area (Å²) in [6.45, 7) is -0.170. The van der Waals surface area contributed by atoms with Gasteiger partial charge in [-0.3, -0.25) is 10.1 Å². The van der Waals surface area contributed by atoms with E-state index in [0.29, 0.717) is 5.56 Å². The smallest absolute Gasteiger partial charge is 0.346 e. The van der Waals surface area contributed by atoms with Crippen LogP contribution < -0.4 is 4.74 Å². The van der Waals surface area contributed by atoms with Crippen molar-refractivity contribution in [2.75, 3.05) is 0 Å². The first-order chi connectivity index (χ1) is 9.90. The van der Waals surface area contributed by atoms with Crippen LogP contribution in [-0.4, -0.2) is 16.0 Å². The predicted molar refractivity (Wildman–Crippen MR) is 76.4 cm³/mol. The van der Waals surface area contributed by atoms with E-state index in [-0.39, 0.29) is 21.7 Å². The minimum atomic E-state index is -1.10. The molecule has 1 heterocycles. The first-order valence-electron chi connectivity index (χ1n) is 5.46. The molecule has 0 atom stereocenters. The maximum Gasteiger partial charge on any atom is 0.346 e. The van der Waals surface area contributed by atoms with Crippen molar-refractivity contribution in [3.63, 3.8) is 0 Å². The molecule has 0 bridgehead atoms. The zero-order valence-electron chi connectivity index (χ0n) is 10.2. The fourth-order valence-corrected chi connectivity index (χ4v) is 2.90. The van der Waals surface area contributed by atoms with E-state index >= 15 is 0 Å². The predicted octanol–water partition coefficient (Wildman–Crippen LogP) is 3.84. The van der Waals surface area contributed by atoms with E-state index in [2.05, 4.69) is 15.9 Å². The Bertz CT molecular complexity index is 718. The van der Waals surface area contributed by atoms with Gasteiger partial charge in [0.15, 0.2) is 0 Å². The fourth-order valence-electron chi connectivity index (χ4n) is 1.61. The van der Waals surface area contributed by atoms with Gasteiger partial charge in [-0.25, -0.2) is 9.18 Å². The van der Waals surface area contributed by atoms with Crippen molar-refractivity contribution in [1.82, 2.24) is 0 Å². The van der Waals surface area contributed by atoms with Crippen LogP contribution in [0.1, 0.15) is 15.2 Å². The van der Waals surface area contributed by atoms with Gasteiger partial charge in [0.25, 0.3) is 0 Å². The second kappa shape index (κ2) is 6.19. The highest BCUT2D eigenvalue weighted by atomic mass is 79.9. The average molecular weight is 376 g/mol. The second-order valence-electron chi connectivity index (χ2n) is 3.86. The molecule has 6 nitrogen and oxygen atoms in total. The summed E-state index contributed by atoms with van der Waals surface area (Å²) >= 11 is 4.02. The third-order valence-electron chi connectivity index (χ3n) is 2.50. The zero-order chi connectivity index (χ0) is 15.6. The molecule has 0 saturated heterocycles. The van der Waals surface area contributed by atoms with Crippen LogP contribution in [0.4, 0.5) is 10.1 Å². The van der Waals surface area contributed by atoms with Gasteiger partial charge >= 0.3 is 11.7 Å². The molecule has 0 radical (unpaired) electrons. The molecule has 0 spiro atoms. The van der Waals surface area contributed by atoms with Crippen molar-refractivity contribution in [3.8, 4) is 5.75 Å². The topological polar surface area (TPSA) is 89.7 Å². The van der Waals surface area contributed by atoms with Crippen LogP contribution in [0.15, 0.2) is 28.1 Å². The lowest BCUT2D eigenvalue weighted by Gasteiger charge is -2.08. The van der Waals surface area contributed by atoms with E-state index in [1.165, 1.54) is 0 Å². The number of hydrogen-bond acceptors (Lipinski definition) is 5. The summed E-state index contributed by atoms with van der Waals surface area (Å²) in [7, 11) is 0. The van der Waals surface area contributed by atoms with Crippen LogP contribution >= 0.6 is 27.3 Å². The quantitative estimate of drug-likeness (QED) is 0.633. The standard InChI is InChI=1S/C12H7BrFNO5S/c13-8-3-7(14)4-9(15(18)19)10(8)20-5-6-1-2-21-11(6)12(16)17/h1-4H,5H2,(H,16,17). The highest BCUT2D eigenvalue weighted by Gasteiger charge is 2.21. The van der Waals surface area contributed by atoms with Gasteiger partial charge in [0.2, 0.25) is 5.75 Å². The van der Waals surface area contributed by atoms with Crippen molar-refractivity contribution in [3.05, 3.63) is 54.4 Å². The van der Waals surface area contributed by atoms with Crippen LogP contribution in [0.25, 0.3) is 0 Å². The maximum absolute atomic E-state index is 13.2. The molecule has 0 aliphatic heterocycles. The fraction of sp³-hybridized carbons (Fsp3) is 0.0833. The molecule has 110 valence electrons. The lowest BCUT2D eigenvalue weighted by molar-refractivity contribution is -0.386. The van der Waals surface area contributed by atoms with Crippen LogP contribution in [0.3, 0.4) is 0 Å². The molecule has 0 amide bonds. The molecule has 1 N–H and O–H groups in total. The Morgan fingerprint density at radius 2 is 2.24 bits per heavy atom. The number of thiophene rings is 1. The molecule has 9 heteroatoms. The molecule has 2 rings (SSSR count). The molecule has 0 unspecified atom stereocenters. The monoisotopic (exact) mass is 375 g/mol. The molecule has 2 aromatic rings. The van der Waals surface area contributed by atoms with Gasteiger partial charge in [0.1, 0.15) is 17.3 Å². The first kappa shape index (κ1) is 15.4. The zero-order valence-corrected chi connectivity index (χ0v) is 12.6. The second-order valence-corrected chi connectivity index (χ2v) is 5.63. The molecule has 0 fully saturated rings. The summed E-state index contributed by atoms with van der Waals surface area (Å²) < 4.78 is 18.6. The lowest BCUT2D eigenvalue weighted by Crippen LogP contribution is -2.04. The van der Waals surface area contributed by atoms with E-state index < -0.39 is 22.4 Å². The number of nitrogens with zero attached hydrogens (tertiary/aromatic N) is 1. The third-order valence-corrected chi connectivity index (χ3v) is 4.03. The SMILES string of the molecule is O=C(O)c1sccc1COc1c(Br)cc(F)cc1[N+](=O)[O-]. The minimum Gasteiger partial charge on any atom is -0.481 e. The van der Waals surface area contributed by atoms with Crippen molar-refractivity contribution >= 4 is 38.9 Å². The Morgan fingerprint density at radius 3 is 2.86 bits per heavy atom. The summed E-state index contributed by atoms with van der Waals surface area (Å²) in [4.78, 5) is 21.2. The third kappa shape index (κ3) is 3.37. The molecule has 1 aromatic heterocycles. The number of carboxylic acid groups (broad SMARTS) is 1. The van der Waals surface area contributed by atoms with E-state index in [1.807, 2.05) is 0 Å². The first-order valence-corrected chi connectivity index (χ1v) is 7.13. The average Bonchev–Trinajstić information content (AvgIpc) is 2.85. The molecule has 1 aromatic carbocycles. The van der Waals surface area contributed by atoms with E-state index in [9.17, 15) is 19.3 Å². The summed E-state index contributed by atoms with van der Waals surface area (Å²) in [5.41, 5.74) is -0.146. The molecular formula is C12H7BrFNO5S. The van der Waals surface area contributed by atoms with Crippen molar-refractivity contribution in [1.29, 1.82) is 0 Å². The highest BCUT2D eigenvalue weighted by molar-refractivity contribution is 9.10. The van der Waals surface area contributed by atoms with Gasteiger partial charge in [-0.1, -0.05) is 0 Å². The molecule has 0 aliphatic carbocycles. The Balaban J connectivity index is 2.30. The molecule has 0 saturated carbocycles. The summed E-state index contributed by atoms with van der Waals surface area (Å²) in [6, 6.07) is 3.33. The van der Waals surface area contributed by atoms with Crippen molar-refractivity contribution in [2.45, 2.75) is 6.61 Å². The van der Waals surface area contributed by atoms with Gasteiger partial charge in [-0.15, -0.1) is 11.3 Å². The van der Waals surface area contributed by atoms with Crippen LogP contribution in [0.2, 0.25) is 0 Å². The summed E-state index contributed by atoms with van der Waals surface area (Å²) in [6.07, 6.45) is 0. The van der Waals surface area contributed by atoms with Gasteiger partial charge in [-0.05, 0) is 33.4 Å². The Hall–Kier alpha value is -2.00.